The number of fused-ring (bicyclic) bond motifs is 1. The summed E-state index contributed by atoms with van der Waals surface area (Å²) in [5.41, 5.74) is 0.954. The lowest BCUT2D eigenvalue weighted by Crippen LogP contribution is -2.50. The van der Waals surface area contributed by atoms with Gasteiger partial charge in [-0.3, -0.25) is 0 Å². The molecule has 3 atom stereocenters. The summed E-state index contributed by atoms with van der Waals surface area (Å²) in [4.78, 5) is 0.155. The quantitative estimate of drug-likeness (QED) is 0.582. The normalized spacial score (nSPS) is 22.2. The number of aryl methyl sites for hydroxylation is 1. The van der Waals surface area contributed by atoms with Gasteiger partial charge in [-0.1, -0.05) is 40.5 Å². The molecule has 0 fully saturated rings. The number of ether oxygens (including phenoxy) is 1. The van der Waals surface area contributed by atoms with Crippen LogP contribution in [0.4, 0.5) is 0 Å². The van der Waals surface area contributed by atoms with E-state index in [-0.39, 0.29) is 41.2 Å². The fourth-order valence-corrected chi connectivity index (χ4v) is 7.01. The lowest BCUT2D eigenvalue weighted by atomic mass is 10.0. The summed E-state index contributed by atoms with van der Waals surface area (Å²) in [7, 11) is -6.22. The number of sulfonamides is 2. The summed E-state index contributed by atoms with van der Waals surface area (Å²) in [5, 5.41) is 9.69. The number of aliphatic hydroxyl groups excluding tert-OH is 1. The molecule has 0 aromatic heterocycles. The lowest BCUT2D eigenvalue weighted by molar-refractivity contribution is 0.0904. The third-order valence-corrected chi connectivity index (χ3v) is 10.1. The predicted octanol–water partition coefficient (Wildman–Crippen LogP) is 2.85. The van der Waals surface area contributed by atoms with Gasteiger partial charge in [-0.2, -0.15) is 8.61 Å². The summed E-state index contributed by atoms with van der Waals surface area (Å²) >= 11 is 3.35. The van der Waals surface area contributed by atoms with Gasteiger partial charge in [0.15, 0.2) is 0 Å². The van der Waals surface area contributed by atoms with Gasteiger partial charge in [0.1, 0.15) is 16.7 Å². The zero-order chi connectivity index (χ0) is 24.6. The molecule has 1 N–H and O–H groups in total. The molecular formula is C22H29BrN2O6S2. The Morgan fingerprint density at radius 2 is 1.88 bits per heavy atom. The Hall–Kier alpha value is -1.50. The number of likely N-dealkylation sites (N-methyl/N-ethyl adjacent to an activating group) is 1. The van der Waals surface area contributed by atoms with E-state index in [4.69, 9.17) is 4.74 Å². The Morgan fingerprint density at radius 3 is 2.48 bits per heavy atom. The van der Waals surface area contributed by atoms with Crippen molar-refractivity contribution in [3.05, 3.63) is 52.5 Å². The molecule has 0 unspecified atom stereocenters. The largest absolute Gasteiger partial charge is 0.487 e. The Balaban J connectivity index is 2.00. The zero-order valence-corrected chi connectivity index (χ0v) is 22.2. The number of nitrogens with zero attached hydrogens (tertiary/aromatic N) is 2. The molecule has 0 bridgehead atoms. The van der Waals surface area contributed by atoms with Crippen LogP contribution < -0.4 is 4.74 Å². The van der Waals surface area contributed by atoms with Gasteiger partial charge in [-0.15, -0.1) is 0 Å². The SMILES string of the molecule is Cc1ccc(S(=O)(=O)N(C)C[C@@H]2Oc3cc(Br)ccc3S(=O)(=O)N([C@@H](C)CO)C[C@@H]2C)cc1. The average molecular weight is 562 g/mol. The molecule has 2 aromatic carbocycles. The first-order valence-electron chi connectivity index (χ1n) is 10.5. The van der Waals surface area contributed by atoms with Gasteiger partial charge in [0.25, 0.3) is 0 Å². The van der Waals surface area contributed by atoms with E-state index in [1.54, 1.807) is 43.3 Å². The van der Waals surface area contributed by atoms with E-state index >= 15 is 0 Å². The smallest absolute Gasteiger partial charge is 0.247 e. The summed E-state index contributed by atoms with van der Waals surface area (Å²) in [6.07, 6.45) is -0.632. The Bertz CT molecular complexity index is 1200. The van der Waals surface area contributed by atoms with Gasteiger partial charge in [-0.05, 0) is 44.2 Å². The Labute approximate surface area is 204 Å². The van der Waals surface area contributed by atoms with E-state index in [1.165, 1.54) is 21.7 Å². The van der Waals surface area contributed by atoms with Crippen LogP contribution >= 0.6 is 15.9 Å². The molecule has 1 aliphatic heterocycles. The maximum atomic E-state index is 13.3. The summed E-state index contributed by atoms with van der Waals surface area (Å²) in [6, 6.07) is 10.6. The molecule has 0 saturated carbocycles. The van der Waals surface area contributed by atoms with Crippen LogP contribution in [0.2, 0.25) is 0 Å². The van der Waals surface area contributed by atoms with Gasteiger partial charge in [-0.25, -0.2) is 16.8 Å². The van der Waals surface area contributed by atoms with Crippen molar-refractivity contribution >= 4 is 36.0 Å². The molecule has 0 radical (unpaired) electrons. The van der Waals surface area contributed by atoms with Crippen molar-refractivity contribution in [2.45, 2.75) is 42.7 Å². The van der Waals surface area contributed by atoms with Crippen LogP contribution in [0.1, 0.15) is 19.4 Å². The van der Waals surface area contributed by atoms with Crippen molar-refractivity contribution in [2.75, 3.05) is 26.7 Å². The highest BCUT2D eigenvalue weighted by Crippen LogP contribution is 2.35. The minimum atomic E-state index is -3.94. The van der Waals surface area contributed by atoms with Crippen LogP contribution in [0.25, 0.3) is 0 Å². The minimum absolute atomic E-state index is 0.0186. The molecule has 8 nitrogen and oxygen atoms in total. The molecule has 0 amide bonds. The fourth-order valence-electron chi connectivity index (χ4n) is 3.66. The van der Waals surface area contributed by atoms with Crippen LogP contribution in [0.5, 0.6) is 5.75 Å². The standard InChI is InChI=1S/C22H29BrN2O6S2/c1-15-5-8-19(9-6-15)32(27,28)24(4)13-21-16(2)12-25(17(3)14-26)33(29,30)22-10-7-18(23)11-20(22)31-21/h5-11,16-17,21,26H,12-14H2,1-4H3/t16-,17-,21-/m0/s1. The number of halogens is 1. The minimum Gasteiger partial charge on any atom is -0.487 e. The van der Waals surface area contributed by atoms with E-state index in [9.17, 15) is 21.9 Å². The molecule has 11 heteroatoms. The van der Waals surface area contributed by atoms with Crippen molar-refractivity contribution < 1.29 is 26.7 Å². The molecule has 3 rings (SSSR count). The second kappa shape index (κ2) is 10.0. The van der Waals surface area contributed by atoms with Gasteiger partial charge in [0, 0.05) is 30.0 Å². The highest BCUT2D eigenvalue weighted by Gasteiger charge is 2.39. The number of hydrogen-bond donors (Lipinski definition) is 1. The average Bonchev–Trinajstić information content (AvgIpc) is 2.75. The van der Waals surface area contributed by atoms with E-state index < -0.39 is 32.2 Å². The Kier molecular flexibility index (Phi) is 7.92. The van der Waals surface area contributed by atoms with Gasteiger partial charge >= 0.3 is 0 Å². The number of rotatable bonds is 6. The molecule has 0 aliphatic carbocycles. The van der Waals surface area contributed by atoms with Crippen molar-refractivity contribution in [1.29, 1.82) is 0 Å². The third-order valence-electron chi connectivity index (χ3n) is 5.80. The van der Waals surface area contributed by atoms with E-state index in [1.807, 2.05) is 13.8 Å². The van der Waals surface area contributed by atoms with Crippen molar-refractivity contribution in [1.82, 2.24) is 8.61 Å². The van der Waals surface area contributed by atoms with Crippen LogP contribution in [-0.4, -0.2) is 69.4 Å². The molecule has 0 saturated heterocycles. The third kappa shape index (κ3) is 5.44. The van der Waals surface area contributed by atoms with Crippen LogP contribution in [0.3, 0.4) is 0 Å². The molecule has 1 aliphatic rings. The highest BCUT2D eigenvalue weighted by molar-refractivity contribution is 9.10. The predicted molar refractivity (Wildman–Crippen MR) is 129 cm³/mol. The van der Waals surface area contributed by atoms with Crippen molar-refractivity contribution in [3.63, 3.8) is 0 Å². The molecule has 0 spiro atoms. The lowest BCUT2D eigenvalue weighted by Gasteiger charge is -2.37. The molecule has 2 aromatic rings. The topological polar surface area (TPSA) is 104 Å². The van der Waals surface area contributed by atoms with Gasteiger partial charge < -0.3 is 9.84 Å². The van der Waals surface area contributed by atoms with E-state index in [0.717, 1.165) is 5.56 Å². The molecule has 1 heterocycles. The first-order valence-corrected chi connectivity index (χ1v) is 14.2. The van der Waals surface area contributed by atoms with Crippen LogP contribution in [0, 0.1) is 12.8 Å². The fraction of sp³-hybridized carbons (Fsp3) is 0.455. The van der Waals surface area contributed by atoms with Crippen LogP contribution in [-0.2, 0) is 20.0 Å². The van der Waals surface area contributed by atoms with Crippen molar-refractivity contribution in [3.8, 4) is 5.75 Å². The first kappa shape index (κ1) is 26.1. The molecule has 182 valence electrons. The van der Waals surface area contributed by atoms with Crippen LogP contribution in [0.15, 0.2) is 56.7 Å². The van der Waals surface area contributed by atoms with Crippen molar-refractivity contribution in [2.24, 2.45) is 5.92 Å². The number of benzene rings is 2. The van der Waals surface area contributed by atoms with E-state index in [0.29, 0.717) is 4.47 Å². The highest BCUT2D eigenvalue weighted by atomic mass is 79.9. The summed E-state index contributed by atoms with van der Waals surface area (Å²) in [6.45, 7) is 5.08. The maximum absolute atomic E-state index is 13.3. The monoisotopic (exact) mass is 560 g/mol. The second-order valence-electron chi connectivity index (χ2n) is 8.43. The Morgan fingerprint density at radius 1 is 1.24 bits per heavy atom. The molecular weight excluding hydrogens is 532 g/mol. The number of aliphatic hydroxyl groups is 1. The molecule has 33 heavy (non-hydrogen) atoms. The van der Waals surface area contributed by atoms with Gasteiger partial charge in [0.05, 0.1) is 18.0 Å². The number of hydrogen-bond acceptors (Lipinski definition) is 6. The zero-order valence-electron chi connectivity index (χ0n) is 19.0. The second-order valence-corrected chi connectivity index (χ2v) is 13.2. The maximum Gasteiger partial charge on any atom is 0.247 e. The van der Waals surface area contributed by atoms with Gasteiger partial charge in [0.2, 0.25) is 20.0 Å². The summed E-state index contributed by atoms with van der Waals surface area (Å²) < 4.78 is 62.2. The summed E-state index contributed by atoms with van der Waals surface area (Å²) in [5.74, 6) is -0.228. The van der Waals surface area contributed by atoms with E-state index in [2.05, 4.69) is 15.9 Å². The first-order chi connectivity index (χ1) is 15.4.